The molecule has 2 unspecified atom stereocenters. The lowest BCUT2D eigenvalue weighted by Crippen LogP contribution is -2.30. The van der Waals surface area contributed by atoms with Gasteiger partial charge >= 0.3 is 0 Å². The topological polar surface area (TPSA) is 3.24 Å². The lowest BCUT2D eigenvalue weighted by Gasteiger charge is -2.28. The van der Waals surface area contributed by atoms with Crippen molar-refractivity contribution in [2.45, 2.75) is 40.5 Å². The molecule has 1 heterocycles. The highest BCUT2D eigenvalue weighted by Gasteiger charge is 2.31. The minimum absolute atomic E-state index is 0.484. The molecule has 1 nitrogen and oxygen atoms in total. The molecule has 1 aliphatic rings. The molecule has 0 aromatic carbocycles. The lowest BCUT2D eigenvalue weighted by atomic mass is 9.80. The van der Waals surface area contributed by atoms with Crippen LogP contribution >= 0.6 is 12.6 Å². The smallest absolute Gasteiger partial charge is 0.00175 e. The molecular formula is C13H27NS. The average Bonchev–Trinajstić information content (AvgIpc) is 2.61. The van der Waals surface area contributed by atoms with Gasteiger partial charge in [0.2, 0.25) is 0 Å². The van der Waals surface area contributed by atoms with Gasteiger partial charge in [0.1, 0.15) is 0 Å². The summed E-state index contributed by atoms with van der Waals surface area (Å²) in [5.41, 5.74) is 0.484. The predicted octanol–water partition coefficient (Wildman–Crippen LogP) is 3.31. The molecule has 0 N–H and O–H groups in total. The summed E-state index contributed by atoms with van der Waals surface area (Å²) >= 11 is 4.42. The van der Waals surface area contributed by atoms with Gasteiger partial charge in [-0.15, -0.1) is 0 Å². The first-order chi connectivity index (χ1) is 6.97. The fourth-order valence-corrected chi connectivity index (χ4v) is 2.76. The zero-order valence-electron chi connectivity index (χ0n) is 10.8. The number of thiol groups is 1. The summed E-state index contributed by atoms with van der Waals surface area (Å²) in [5.74, 6) is 2.70. The Morgan fingerprint density at radius 1 is 1.40 bits per heavy atom. The number of hydrogen-bond acceptors (Lipinski definition) is 2. The number of hydrogen-bond donors (Lipinski definition) is 1. The maximum atomic E-state index is 4.42. The molecule has 0 bridgehead atoms. The first kappa shape index (κ1) is 13.4. The van der Waals surface area contributed by atoms with Crippen LogP contribution in [0.25, 0.3) is 0 Å². The van der Waals surface area contributed by atoms with Crippen LogP contribution in [0.2, 0.25) is 0 Å². The summed E-state index contributed by atoms with van der Waals surface area (Å²) in [6.07, 6.45) is 2.65. The van der Waals surface area contributed by atoms with E-state index in [1.54, 1.807) is 0 Å². The minimum atomic E-state index is 0.484. The molecule has 0 aromatic rings. The van der Waals surface area contributed by atoms with Crippen molar-refractivity contribution in [1.29, 1.82) is 0 Å². The number of likely N-dealkylation sites (tertiary alicyclic amines) is 1. The second-order valence-electron chi connectivity index (χ2n) is 6.07. The summed E-state index contributed by atoms with van der Waals surface area (Å²) in [7, 11) is 0. The molecule has 0 saturated carbocycles. The second-order valence-corrected chi connectivity index (χ2v) is 6.43. The van der Waals surface area contributed by atoms with E-state index in [0.717, 1.165) is 17.6 Å². The van der Waals surface area contributed by atoms with Crippen LogP contribution < -0.4 is 0 Å². The molecule has 2 atom stereocenters. The molecule has 1 fully saturated rings. The molecule has 0 radical (unpaired) electrons. The van der Waals surface area contributed by atoms with Gasteiger partial charge in [-0.05, 0) is 36.0 Å². The molecule has 1 saturated heterocycles. The summed E-state index contributed by atoms with van der Waals surface area (Å²) in [5, 5.41) is 0. The Morgan fingerprint density at radius 3 is 2.47 bits per heavy atom. The molecule has 0 aromatic heterocycles. The van der Waals surface area contributed by atoms with E-state index in [1.165, 1.54) is 32.5 Å². The van der Waals surface area contributed by atoms with Crippen LogP contribution in [0.4, 0.5) is 0 Å². The Bertz CT molecular complexity index is 181. The van der Waals surface area contributed by atoms with Gasteiger partial charge in [0, 0.05) is 13.1 Å². The Balaban J connectivity index is 2.36. The van der Waals surface area contributed by atoms with Gasteiger partial charge in [-0.2, -0.15) is 12.6 Å². The van der Waals surface area contributed by atoms with Crippen LogP contribution in [0.3, 0.4) is 0 Å². The largest absolute Gasteiger partial charge is 0.303 e. The van der Waals surface area contributed by atoms with Gasteiger partial charge in [-0.3, -0.25) is 0 Å². The Hall–Kier alpha value is 0.310. The quantitative estimate of drug-likeness (QED) is 0.724. The molecule has 0 spiro atoms. The lowest BCUT2D eigenvalue weighted by molar-refractivity contribution is 0.217. The number of nitrogens with zero attached hydrogens (tertiary/aromatic N) is 1. The Kier molecular flexibility index (Phi) is 4.98. The van der Waals surface area contributed by atoms with E-state index in [9.17, 15) is 0 Å². The Morgan fingerprint density at radius 2 is 2.07 bits per heavy atom. The van der Waals surface area contributed by atoms with Crippen LogP contribution in [0.1, 0.15) is 40.5 Å². The maximum absolute atomic E-state index is 4.42. The normalized spacial score (nSPS) is 25.8. The SMILES string of the molecule is CCC(CS)CN1CCC(C(C)(C)C)C1. The first-order valence-corrected chi connectivity index (χ1v) is 6.93. The van der Waals surface area contributed by atoms with Gasteiger partial charge in [-0.25, -0.2) is 0 Å². The number of rotatable bonds is 4. The summed E-state index contributed by atoms with van der Waals surface area (Å²) in [4.78, 5) is 2.64. The monoisotopic (exact) mass is 229 g/mol. The van der Waals surface area contributed by atoms with Crippen molar-refractivity contribution in [3.63, 3.8) is 0 Å². The molecule has 1 rings (SSSR count). The third-order valence-electron chi connectivity index (χ3n) is 3.85. The van der Waals surface area contributed by atoms with Crippen LogP contribution in [0.5, 0.6) is 0 Å². The van der Waals surface area contributed by atoms with Crippen LogP contribution in [-0.2, 0) is 0 Å². The van der Waals surface area contributed by atoms with Crippen molar-refractivity contribution >= 4 is 12.6 Å². The highest BCUT2D eigenvalue weighted by Crippen LogP contribution is 2.33. The molecular weight excluding hydrogens is 202 g/mol. The van der Waals surface area contributed by atoms with Crippen molar-refractivity contribution in [1.82, 2.24) is 4.90 Å². The van der Waals surface area contributed by atoms with Crippen molar-refractivity contribution in [2.75, 3.05) is 25.4 Å². The van der Waals surface area contributed by atoms with E-state index in [4.69, 9.17) is 0 Å². The van der Waals surface area contributed by atoms with Crippen molar-refractivity contribution in [2.24, 2.45) is 17.3 Å². The summed E-state index contributed by atoms with van der Waals surface area (Å²) in [6, 6.07) is 0. The molecule has 0 aliphatic carbocycles. The van der Waals surface area contributed by atoms with E-state index in [2.05, 4.69) is 45.2 Å². The van der Waals surface area contributed by atoms with E-state index < -0.39 is 0 Å². The predicted molar refractivity (Wildman–Crippen MR) is 71.6 cm³/mol. The fraction of sp³-hybridized carbons (Fsp3) is 1.00. The van der Waals surface area contributed by atoms with E-state index in [1.807, 2.05) is 0 Å². The third-order valence-corrected chi connectivity index (χ3v) is 4.37. The van der Waals surface area contributed by atoms with Gasteiger partial charge < -0.3 is 4.90 Å². The Labute approximate surface area is 101 Å². The van der Waals surface area contributed by atoms with Gasteiger partial charge in [0.25, 0.3) is 0 Å². The van der Waals surface area contributed by atoms with Crippen molar-refractivity contribution in [3.05, 3.63) is 0 Å². The van der Waals surface area contributed by atoms with Gasteiger partial charge in [0.15, 0.2) is 0 Å². The maximum Gasteiger partial charge on any atom is 0.00175 e. The highest BCUT2D eigenvalue weighted by atomic mass is 32.1. The molecule has 1 aliphatic heterocycles. The van der Waals surface area contributed by atoms with E-state index >= 15 is 0 Å². The fourth-order valence-electron chi connectivity index (χ4n) is 2.39. The van der Waals surface area contributed by atoms with Crippen LogP contribution in [0.15, 0.2) is 0 Å². The standard InChI is InChI=1S/C13H27NS/c1-5-11(10-15)8-14-7-6-12(9-14)13(2,3)4/h11-12,15H,5-10H2,1-4H3. The van der Waals surface area contributed by atoms with Crippen molar-refractivity contribution in [3.8, 4) is 0 Å². The summed E-state index contributed by atoms with van der Waals surface area (Å²) in [6.45, 7) is 13.2. The second kappa shape index (κ2) is 5.58. The van der Waals surface area contributed by atoms with Gasteiger partial charge in [-0.1, -0.05) is 34.1 Å². The molecule has 90 valence electrons. The average molecular weight is 229 g/mol. The van der Waals surface area contributed by atoms with Gasteiger partial charge in [0.05, 0.1) is 0 Å². The highest BCUT2D eigenvalue weighted by molar-refractivity contribution is 7.80. The third kappa shape index (κ3) is 3.99. The molecule has 0 amide bonds. The van der Waals surface area contributed by atoms with Crippen LogP contribution in [-0.4, -0.2) is 30.3 Å². The summed E-state index contributed by atoms with van der Waals surface area (Å²) < 4.78 is 0. The van der Waals surface area contributed by atoms with E-state index in [0.29, 0.717) is 5.41 Å². The van der Waals surface area contributed by atoms with Crippen LogP contribution in [0, 0.1) is 17.3 Å². The van der Waals surface area contributed by atoms with E-state index in [-0.39, 0.29) is 0 Å². The molecule has 15 heavy (non-hydrogen) atoms. The zero-order valence-corrected chi connectivity index (χ0v) is 11.7. The minimum Gasteiger partial charge on any atom is -0.303 e. The zero-order chi connectivity index (χ0) is 11.5. The van der Waals surface area contributed by atoms with Crippen molar-refractivity contribution < 1.29 is 0 Å². The molecule has 2 heteroatoms. The first-order valence-electron chi connectivity index (χ1n) is 6.30.